The molecular weight excluding hydrogens is 320 g/mol. The van der Waals surface area contributed by atoms with Crippen molar-refractivity contribution >= 4 is 23.5 Å². The Hall–Kier alpha value is -2.47. The number of nitrogens with one attached hydrogen (secondary N) is 2. The summed E-state index contributed by atoms with van der Waals surface area (Å²) in [5, 5.41) is 3.10. The molecule has 0 bridgehead atoms. The number of benzene rings is 1. The molecule has 0 unspecified atom stereocenters. The third-order valence-corrected chi connectivity index (χ3v) is 3.38. The molecule has 23 heavy (non-hydrogen) atoms. The number of hydrogen-bond acceptors (Lipinski definition) is 4. The molecule has 6 nitrogen and oxygen atoms in total. The molecule has 2 rings (SSSR count). The Balaban J connectivity index is 1.89. The number of aromatic nitrogens is 1. The molecule has 1 heterocycles. The first-order chi connectivity index (χ1) is 11.0. The predicted octanol–water partition coefficient (Wildman–Crippen LogP) is 2.54. The highest BCUT2D eigenvalue weighted by Gasteiger charge is 2.20. The van der Waals surface area contributed by atoms with Crippen LogP contribution in [-0.4, -0.2) is 30.1 Å². The van der Waals surface area contributed by atoms with E-state index in [1.54, 1.807) is 13.2 Å². The molecule has 1 aromatic carbocycles. The van der Waals surface area contributed by atoms with Crippen molar-refractivity contribution in [2.75, 3.05) is 7.11 Å². The van der Waals surface area contributed by atoms with Gasteiger partial charge in [0.2, 0.25) is 0 Å². The van der Waals surface area contributed by atoms with Crippen LogP contribution in [0.15, 0.2) is 36.5 Å². The number of carbonyl (C=O) groups is 2. The molecule has 1 aromatic heterocycles. The fraction of sp³-hybridized carbons (Fsp3) is 0.250. The van der Waals surface area contributed by atoms with Crippen molar-refractivity contribution in [3.05, 3.63) is 52.8 Å². The maximum Gasteiger partial charge on any atom is 0.355 e. The van der Waals surface area contributed by atoms with Gasteiger partial charge in [0.15, 0.2) is 6.10 Å². The highest BCUT2D eigenvalue weighted by atomic mass is 35.5. The number of rotatable bonds is 6. The van der Waals surface area contributed by atoms with Crippen LogP contribution in [0.2, 0.25) is 5.02 Å². The third-order valence-electron chi connectivity index (χ3n) is 3.17. The summed E-state index contributed by atoms with van der Waals surface area (Å²) in [7, 11) is 1.56. The minimum absolute atomic E-state index is 0.194. The highest BCUT2D eigenvalue weighted by Crippen LogP contribution is 2.17. The lowest BCUT2D eigenvalue weighted by molar-refractivity contribution is -0.129. The average molecular weight is 337 g/mol. The number of amides is 1. The zero-order valence-electron chi connectivity index (χ0n) is 12.8. The number of halogens is 1. The molecule has 1 amide bonds. The van der Waals surface area contributed by atoms with Crippen LogP contribution in [-0.2, 0) is 16.1 Å². The SMILES string of the molecule is COc1ccccc1CNC(=O)[C@@H](C)OC(=O)c1cc(Cl)c[nH]1. The van der Waals surface area contributed by atoms with Crippen LogP contribution in [0.3, 0.4) is 0 Å². The Morgan fingerprint density at radius 3 is 2.74 bits per heavy atom. The molecule has 2 N–H and O–H groups in total. The molecule has 0 spiro atoms. The van der Waals surface area contributed by atoms with Gasteiger partial charge in [-0.1, -0.05) is 29.8 Å². The zero-order chi connectivity index (χ0) is 16.8. The Morgan fingerprint density at radius 1 is 1.35 bits per heavy atom. The molecule has 2 aromatic rings. The zero-order valence-corrected chi connectivity index (χ0v) is 13.5. The lowest BCUT2D eigenvalue weighted by Crippen LogP contribution is -2.35. The minimum atomic E-state index is -0.931. The number of esters is 1. The number of H-pyrrole nitrogens is 1. The summed E-state index contributed by atoms with van der Waals surface area (Å²) in [6.45, 7) is 1.78. The van der Waals surface area contributed by atoms with Crippen LogP contribution in [0.1, 0.15) is 23.0 Å². The van der Waals surface area contributed by atoms with E-state index in [0.717, 1.165) is 5.56 Å². The molecule has 0 saturated carbocycles. The molecule has 0 saturated heterocycles. The van der Waals surface area contributed by atoms with Crippen molar-refractivity contribution in [2.45, 2.75) is 19.6 Å². The average Bonchev–Trinajstić information content (AvgIpc) is 2.99. The Labute approximate surface area is 138 Å². The van der Waals surface area contributed by atoms with Crippen LogP contribution >= 0.6 is 11.6 Å². The fourth-order valence-corrected chi connectivity index (χ4v) is 2.10. The summed E-state index contributed by atoms with van der Waals surface area (Å²) in [6, 6.07) is 8.78. The summed E-state index contributed by atoms with van der Waals surface area (Å²) in [5.74, 6) is -0.364. The second-order valence-electron chi connectivity index (χ2n) is 4.81. The smallest absolute Gasteiger partial charge is 0.355 e. The fourth-order valence-electron chi connectivity index (χ4n) is 1.94. The van der Waals surface area contributed by atoms with Crippen molar-refractivity contribution in [1.29, 1.82) is 0 Å². The van der Waals surface area contributed by atoms with Crippen molar-refractivity contribution in [3.63, 3.8) is 0 Å². The number of carbonyl (C=O) groups excluding carboxylic acids is 2. The van der Waals surface area contributed by atoms with E-state index in [1.807, 2.05) is 18.2 Å². The van der Waals surface area contributed by atoms with E-state index in [-0.39, 0.29) is 12.2 Å². The van der Waals surface area contributed by atoms with E-state index in [9.17, 15) is 9.59 Å². The van der Waals surface area contributed by atoms with E-state index in [2.05, 4.69) is 10.3 Å². The first-order valence-corrected chi connectivity index (χ1v) is 7.33. The van der Waals surface area contributed by atoms with Gasteiger partial charge in [0.25, 0.3) is 5.91 Å². The highest BCUT2D eigenvalue weighted by molar-refractivity contribution is 6.30. The van der Waals surface area contributed by atoms with E-state index in [4.69, 9.17) is 21.1 Å². The second-order valence-corrected chi connectivity index (χ2v) is 5.25. The monoisotopic (exact) mass is 336 g/mol. The summed E-state index contributed by atoms with van der Waals surface area (Å²) in [6.07, 6.45) is 0.532. The number of ether oxygens (including phenoxy) is 2. The summed E-state index contributed by atoms with van der Waals surface area (Å²) >= 11 is 5.72. The molecule has 1 atom stereocenters. The van der Waals surface area contributed by atoms with Gasteiger partial charge in [-0.15, -0.1) is 0 Å². The molecule has 0 aliphatic heterocycles. The van der Waals surface area contributed by atoms with Crippen molar-refractivity contribution in [2.24, 2.45) is 0 Å². The van der Waals surface area contributed by atoms with Gasteiger partial charge in [-0.25, -0.2) is 4.79 Å². The standard InChI is InChI=1S/C16H17ClN2O4/c1-10(23-16(21)13-7-12(17)9-18-13)15(20)19-8-11-5-3-4-6-14(11)22-2/h3-7,9-10,18H,8H2,1-2H3,(H,19,20)/t10-/m1/s1. The Bertz CT molecular complexity index is 699. The first-order valence-electron chi connectivity index (χ1n) is 6.95. The summed E-state index contributed by atoms with van der Waals surface area (Å²) in [4.78, 5) is 26.5. The van der Waals surface area contributed by atoms with Crippen molar-refractivity contribution in [1.82, 2.24) is 10.3 Å². The molecule has 122 valence electrons. The van der Waals surface area contributed by atoms with Gasteiger partial charge < -0.3 is 19.8 Å². The van der Waals surface area contributed by atoms with Gasteiger partial charge in [-0.3, -0.25) is 4.79 Å². The maximum absolute atomic E-state index is 12.0. The number of hydrogen-bond donors (Lipinski definition) is 2. The summed E-state index contributed by atoms with van der Waals surface area (Å²) < 4.78 is 10.3. The maximum atomic E-state index is 12.0. The Kier molecular flexibility index (Phi) is 5.65. The molecule has 7 heteroatoms. The van der Waals surface area contributed by atoms with Crippen LogP contribution in [0.5, 0.6) is 5.75 Å². The first kappa shape index (κ1) is 16.9. The van der Waals surface area contributed by atoms with Crippen molar-refractivity contribution < 1.29 is 19.1 Å². The van der Waals surface area contributed by atoms with E-state index >= 15 is 0 Å². The topological polar surface area (TPSA) is 80.4 Å². The number of aromatic amines is 1. The quantitative estimate of drug-likeness (QED) is 0.794. The Morgan fingerprint density at radius 2 is 2.09 bits per heavy atom. The van der Waals surface area contributed by atoms with E-state index in [1.165, 1.54) is 19.2 Å². The van der Waals surface area contributed by atoms with Gasteiger partial charge in [0.1, 0.15) is 11.4 Å². The molecule has 0 aliphatic carbocycles. The molecule has 0 radical (unpaired) electrons. The van der Waals surface area contributed by atoms with Crippen molar-refractivity contribution in [3.8, 4) is 5.75 Å². The lowest BCUT2D eigenvalue weighted by atomic mass is 10.2. The van der Waals surface area contributed by atoms with Gasteiger partial charge in [0.05, 0.1) is 12.1 Å². The van der Waals surface area contributed by atoms with E-state index in [0.29, 0.717) is 10.8 Å². The lowest BCUT2D eigenvalue weighted by Gasteiger charge is -2.14. The van der Waals surface area contributed by atoms with Gasteiger partial charge in [-0.05, 0) is 19.1 Å². The largest absolute Gasteiger partial charge is 0.496 e. The van der Waals surface area contributed by atoms with Gasteiger partial charge in [-0.2, -0.15) is 0 Å². The van der Waals surface area contributed by atoms with Crippen LogP contribution < -0.4 is 10.1 Å². The molecular formula is C16H17ClN2O4. The number of para-hydroxylation sites is 1. The normalized spacial score (nSPS) is 11.6. The molecule has 0 aliphatic rings. The minimum Gasteiger partial charge on any atom is -0.496 e. The van der Waals surface area contributed by atoms with Crippen LogP contribution in [0.4, 0.5) is 0 Å². The van der Waals surface area contributed by atoms with Gasteiger partial charge in [0, 0.05) is 18.3 Å². The van der Waals surface area contributed by atoms with Gasteiger partial charge >= 0.3 is 5.97 Å². The van der Waals surface area contributed by atoms with Crippen LogP contribution in [0.25, 0.3) is 0 Å². The summed E-state index contributed by atoms with van der Waals surface area (Å²) in [5.41, 5.74) is 1.03. The number of methoxy groups -OCH3 is 1. The third kappa shape index (κ3) is 4.50. The van der Waals surface area contributed by atoms with E-state index < -0.39 is 18.0 Å². The second kappa shape index (κ2) is 7.69. The van der Waals surface area contributed by atoms with Crippen LogP contribution in [0, 0.1) is 0 Å². The predicted molar refractivity (Wildman–Crippen MR) is 85.5 cm³/mol. The molecule has 0 fully saturated rings.